The molecule has 0 atom stereocenters. The minimum Gasteiger partial charge on any atom is -0.249 e. The number of sulfonamides is 1. The van der Waals surface area contributed by atoms with Gasteiger partial charge in [0.2, 0.25) is 0 Å². The highest BCUT2D eigenvalue weighted by Crippen LogP contribution is 2.34. The van der Waals surface area contributed by atoms with E-state index in [-0.39, 0.29) is 17.0 Å². The molecule has 0 saturated carbocycles. The maximum Gasteiger partial charge on any atom is 0.266 e. The van der Waals surface area contributed by atoms with Crippen molar-refractivity contribution in [1.82, 2.24) is 4.98 Å². The molecule has 0 saturated heterocycles. The van der Waals surface area contributed by atoms with Gasteiger partial charge in [-0.25, -0.2) is 22.1 Å². The summed E-state index contributed by atoms with van der Waals surface area (Å²) in [7, 11) is -3.92. The summed E-state index contributed by atoms with van der Waals surface area (Å²) in [6, 6.07) is 14.1. The predicted octanol–water partition coefficient (Wildman–Crippen LogP) is 3.00. The topological polar surface area (TPSA) is 74.1 Å². The summed E-state index contributed by atoms with van der Waals surface area (Å²) in [5.74, 6) is -0.131. The van der Waals surface area contributed by atoms with Crippen LogP contribution in [0.25, 0.3) is 10.9 Å². The number of rotatable bonds is 2. The Kier molecular flexibility index (Phi) is 3.44. The quantitative estimate of drug-likeness (QED) is 0.710. The van der Waals surface area contributed by atoms with Gasteiger partial charge in [-0.1, -0.05) is 12.1 Å². The van der Waals surface area contributed by atoms with E-state index in [1.165, 1.54) is 28.6 Å². The second-order valence-corrected chi connectivity index (χ2v) is 7.57. The van der Waals surface area contributed by atoms with E-state index in [1.807, 2.05) is 12.1 Å². The van der Waals surface area contributed by atoms with E-state index in [4.69, 9.17) is 0 Å². The lowest BCUT2D eigenvalue weighted by molar-refractivity contribution is 0.591. The summed E-state index contributed by atoms with van der Waals surface area (Å²) in [4.78, 5) is 4.32. The SMILES string of the molecule is N#Cc1ccccc1S(=O)(=O)N1CCc2cc3ccc(F)cc3nc21. The molecule has 4 rings (SSSR count). The zero-order chi connectivity index (χ0) is 17.6. The Balaban J connectivity index is 1.88. The number of fused-ring (bicyclic) bond motifs is 2. The number of pyridine rings is 1. The fraction of sp³-hybridized carbons (Fsp3) is 0.111. The largest absolute Gasteiger partial charge is 0.266 e. The van der Waals surface area contributed by atoms with Crippen LogP contribution >= 0.6 is 0 Å². The van der Waals surface area contributed by atoms with Crippen LogP contribution < -0.4 is 4.31 Å². The number of hydrogen-bond acceptors (Lipinski definition) is 4. The van der Waals surface area contributed by atoms with E-state index in [0.717, 1.165) is 10.9 Å². The van der Waals surface area contributed by atoms with Crippen LogP contribution in [0.4, 0.5) is 10.2 Å². The van der Waals surface area contributed by atoms with Gasteiger partial charge in [0, 0.05) is 18.0 Å². The maximum absolute atomic E-state index is 13.5. The Morgan fingerprint density at radius 1 is 1.16 bits per heavy atom. The van der Waals surface area contributed by atoms with Crippen LogP contribution in [0.5, 0.6) is 0 Å². The number of hydrogen-bond donors (Lipinski definition) is 0. The lowest BCUT2D eigenvalue weighted by atomic mass is 10.1. The molecule has 0 amide bonds. The minimum absolute atomic E-state index is 0.0495. The Labute approximate surface area is 144 Å². The number of benzene rings is 2. The van der Waals surface area contributed by atoms with Gasteiger partial charge >= 0.3 is 0 Å². The number of nitriles is 1. The Bertz CT molecular complexity index is 1150. The van der Waals surface area contributed by atoms with Crippen molar-refractivity contribution in [3.05, 3.63) is 65.5 Å². The molecule has 124 valence electrons. The first-order valence-corrected chi connectivity index (χ1v) is 9.06. The highest BCUT2D eigenvalue weighted by Gasteiger charge is 2.33. The average Bonchev–Trinajstić information content (AvgIpc) is 3.03. The van der Waals surface area contributed by atoms with Crippen molar-refractivity contribution in [2.45, 2.75) is 11.3 Å². The third-order valence-corrected chi connectivity index (χ3v) is 6.08. The van der Waals surface area contributed by atoms with Crippen LogP contribution in [0, 0.1) is 17.1 Å². The van der Waals surface area contributed by atoms with Crippen molar-refractivity contribution in [3.63, 3.8) is 0 Å². The molecule has 2 heterocycles. The molecule has 0 N–H and O–H groups in total. The minimum atomic E-state index is -3.92. The second kappa shape index (κ2) is 5.53. The van der Waals surface area contributed by atoms with Crippen molar-refractivity contribution in [3.8, 4) is 6.07 Å². The highest BCUT2D eigenvalue weighted by molar-refractivity contribution is 7.93. The zero-order valence-corrected chi connectivity index (χ0v) is 13.8. The number of halogens is 1. The molecule has 0 aliphatic carbocycles. The molecule has 1 aliphatic heterocycles. The van der Waals surface area contributed by atoms with Gasteiger partial charge in [-0.2, -0.15) is 5.26 Å². The van der Waals surface area contributed by atoms with Crippen molar-refractivity contribution in [2.24, 2.45) is 0 Å². The molecule has 7 heteroatoms. The first kappa shape index (κ1) is 15.5. The lowest BCUT2D eigenvalue weighted by Gasteiger charge is -2.19. The summed E-state index contributed by atoms with van der Waals surface area (Å²) in [5.41, 5.74) is 1.27. The summed E-state index contributed by atoms with van der Waals surface area (Å²) in [5, 5.41) is 9.96. The van der Waals surface area contributed by atoms with Crippen LogP contribution in [0.15, 0.2) is 53.4 Å². The Morgan fingerprint density at radius 2 is 1.96 bits per heavy atom. The number of anilines is 1. The molecule has 0 fully saturated rings. The first-order valence-electron chi connectivity index (χ1n) is 7.62. The van der Waals surface area contributed by atoms with E-state index in [0.29, 0.717) is 17.8 Å². The number of aromatic nitrogens is 1. The van der Waals surface area contributed by atoms with Gasteiger partial charge in [-0.15, -0.1) is 0 Å². The third-order valence-electron chi connectivity index (χ3n) is 4.23. The Hall–Kier alpha value is -2.98. The molecule has 5 nitrogen and oxygen atoms in total. The summed E-state index contributed by atoms with van der Waals surface area (Å²) >= 11 is 0. The van der Waals surface area contributed by atoms with Gasteiger partial charge in [0.15, 0.2) is 0 Å². The van der Waals surface area contributed by atoms with E-state index < -0.39 is 15.8 Å². The number of nitrogens with zero attached hydrogens (tertiary/aromatic N) is 3. The molecule has 0 spiro atoms. The standard InChI is InChI=1S/C18H12FN3O2S/c19-15-6-5-12-9-13-7-8-22(18(13)21-16(12)10-15)25(23,24)17-4-2-1-3-14(17)11-20/h1-6,9-10H,7-8H2. The molecule has 1 aromatic heterocycles. The molecule has 3 aromatic rings. The van der Waals surface area contributed by atoms with Crippen molar-refractivity contribution >= 4 is 26.7 Å². The van der Waals surface area contributed by atoms with E-state index in [2.05, 4.69) is 4.98 Å². The van der Waals surface area contributed by atoms with E-state index >= 15 is 0 Å². The maximum atomic E-state index is 13.5. The normalized spacial score (nSPS) is 13.7. The van der Waals surface area contributed by atoms with Crippen LogP contribution in [-0.4, -0.2) is 19.9 Å². The van der Waals surface area contributed by atoms with E-state index in [1.54, 1.807) is 18.2 Å². The molecule has 2 aromatic carbocycles. The fourth-order valence-electron chi connectivity index (χ4n) is 3.04. The molecule has 1 aliphatic rings. The molecule has 0 unspecified atom stereocenters. The Morgan fingerprint density at radius 3 is 2.76 bits per heavy atom. The van der Waals surface area contributed by atoms with Gasteiger partial charge in [0.1, 0.15) is 22.6 Å². The van der Waals surface area contributed by atoms with Crippen molar-refractivity contribution < 1.29 is 12.8 Å². The fourth-order valence-corrected chi connectivity index (χ4v) is 4.64. The summed E-state index contributed by atoms with van der Waals surface area (Å²) in [6.07, 6.45) is 0.517. The van der Waals surface area contributed by atoms with Gasteiger partial charge < -0.3 is 0 Å². The van der Waals surface area contributed by atoms with Crippen molar-refractivity contribution in [1.29, 1.82) is 5.26 Å². The first-order chi connectivity index (χ1) is 12.0. The molecule has 0 radical (unpaired) electrons. The van der Waals surface area contributed by atoms with Gasteiger partial charge in [0.25, 0.3) is 10.0 Å². The lowest BCUT2D eigenvalue weighted by Crippen LogP contribution is -2.30. The van der Waals surface area contributed by atoms with Crippen LogP contribution in [0.2, 0.25) is 0 Å². The predicted molar refractivity (Wildman–Crippen MR) is 91.1 cm³/mol. The smallest absolute Gasteiger partial charge is 0.249 e. The second-order valence-electron chi connectivity index (χ2n) is 5.74. The summed E-state index contributed by atoms with van der Waals surface area (Å²) in [6.45, 7) is 0.239. The van der Waals surface area contributed by atoms with Crippen LogP contribution in [0.1, 0.15) is 11.1 Å². The van der Waals surface area contributed by atoms with Crippen LogP contribution in [0.3, 0.4) is 0 Å². The zero-order valence-electron chi connectivity index (χ0n) is 13.0. The summed E-state index contributed by atoms with van der Waals surface area (Å²) < 4.78 is 40.8. The third kappa shape index (κ3) is 2.42. The van der Waals surface area contributed by atoms with Crippen LogP contribution in [-0.2, 0) is 16.4 Å². The van der Waals surface area contributed by atoms with Gasteiger partial charge in [0.05, 0.1) is 11.1 Å². The highest BCUT2D eigenvalue weighted by atomic mass is 32.2. The van der Waals surface area contributed by atoms with Crippen molar-refractivity contribution in [2.75, 3.05) is 10.8 Å². The van der Waals surface area contributed by atoms with Gasteiger partial charge in [-0.3, -0.25) is 0 Å². The molecule has 0 bridgehead atoms. The molecular formula is C18H12FN3O2S. The molecular weight excluding hydrogens is 341 g/mol. The average molecular weight is 353 g/mol. The monoisotopic (exact) mass is 353 g/mol. The van der Waals surface area contributed by atoms with E-state index in [9.17, 15) is 18.1 Å². The van der Waals surface area contributed by atoms with Gasteiger partial charge in [-0.05, 0) is 42.3 Å². The molecule has 25 heavy (non-hydrogen) atoms.